The number of rotatable bonds is 4. The minimum Gasteiger partial charge on any atom is -0.450 e. The van der Waals surface area contributed by atoms with Gasteiger partial charge in [0.25, 0.3) is 0 Å². The first kappa shape index (κ1) is 20.1. The number of para-hydroxylation sites is 1. The van der Waals surface area contributed by atoms with Gasteiger partial charge in [0.05, 0.1) is 17.9 Å². The Morgan fingerprint density at radius 1 is 1.13 bits per heavy atom. The number of fused-ring (bicyclic) bond motifs is 1. The topological polar surface area (TPSA) is 87.7 Å². The van der Waals surface area contributed by atoms with Crippen molar-refractivity contribution in [3.63, 3.8) is 0 Å². The number of amides is 1. The van der Waals surface area contributed by atoms with Gasteiger partial charge in [-0.25, -0.2) is 9.78 Å². The van der Waals surface area contributed by atoms with Crippen LogP contribution in [0.3, 0.4) is 0 Å². The van der Waals surface area contributed by atoms with E-state index in [0.717, 1.165) is 17.8 Å². The highest BCUT2D eigenvalue weighted by atomic mass is 16.6. The standard InChI is InChI=1S/C22H27N5O3/c1-3-30-22(29)27-11-9-26(10-12-27)21-24-17-13-15(2)14-18(28)19(17)20(25-21)23-16-7-5-4-6-8-16/h4-8,15H,3,9-14H2,1-2H3,(H,23,24,25). The van der Waals surface area contributed by atoms with Gasteiger partial charge in [-0.2, -0.15) is 4.98 Å². The molecule has 0 radical (unpaired) electrons. The highest BCUT2D eigenvalue weighted by molar-refractivity contribution is 6.03. The van der Waals surface area contributed by atoms with E-state index >= 15 is 0 Å². The third kappa shape index (κ3) is 4.22. The Kier molecular flexibility index (Phi) is 5.83. The summed E-state index contributed by atoms with van der Waals surface area (Å²) in [5.41, 5.74) is 2.28. The smallest absolute Gasteiger partial charge is 0.409 e. The molecule has 1 amide bonds. The summed E-state index contributed by atoms with van der Waals surface area (Å²) in [6.07, 6.45) is 0.981. The molecule has 1 saturated heterocycles. The van der Waals surface area contributed by atoms with Crippen LogP contribution < -0.4 is 10.2 Å². The summed E-state index contributed by atoms with van der Waals surface area (Å²) in [5.74, 6) is 1.50. The molecular formula is C22H27N5O3. The van der Waals surface area contributed by atoms with Crippen molar-refractivity contribution in [1.29, 1.82) is 0 Å². The third-order valence-corrected chi connectivity index (χ3v) is 5.45. The quantitative estimate of drug-likeness (QED) is 0.829. The molecule has 1 unspecified atom stereocenters. The highest BCUT2D eigenvalue weighted by Gasteiger charge is 2.30. The summed E-state index contributed by atoms with van der Waals surface area (Å²) in [6, 6.07) is 9.72. The average molecular weight is 409 g/mol. The van der Waals surface area contributed by atoms with Gasteiger partial charge in [-0.05, 0) is 31.4 Å². The number of nitrogens with one attached hydrogen (secondary N) is 1. The maximum Gasteiger partial charge on any atom is 0.409 e. The second-order valence-electron chi connectivity index (χ2n) is 7.79. The summed E-state index contributed by atoms with van der Waals surface area (Å²) < 4.78 is 5.10. The zero-order chi connectivity index (χ0) is 21.1. The van der Waals surface area contributed by atoms with Crippen LogP contribution in [-0.4, -0.2) is 59.5 Å². The number of ether oxygens (including phenoxy) is 1. The molecule has 0 spiro atoms. The number of carbonyl (C=O) groups excluding carboxylic acids is 2. The first-order chi connectivity index (χ1) is 14.5. The molecule has 1 aliphatic heterocycles. The molecule has 8 heteroatoms. The monoisotopic (exact) mass is 409 g/mol. The number of piperazine rings is 1. The van der Waals surface area contributed by atoms with Crippen molar-refractivity contribution in [2.75, 3.05) is 43.0 Å². The zero-order valence-corrected chi connectivity index (χ0v) is 17.4. The molecule has 1 fully saturated rings. The van der Waals surface area contributed by atoms with E-state index < -0.39 is 0 Å². The fourth-order valence-corrected chi connectivity index (χ4v) is 3.95. The molecule has 1 N–H and O–H groups in total. The molecule has 8 nitrogen and oxygen atoms in total. The van der Waals surface area contributed by atoms with E-state index in [4.69, 9.17) is 14.7 Å². The third-order valence-electron chi connectivity index (χ3n) is 5.45. The van der Waals surface area contributed by atoms with E-state index in [1.807, 2.05) is 30.3 Å². The maximum atomic E-state index is 12.8. The van der Waals surface area contributed by atoms with Gasteiger partial charge in [-0.1, -0.05) is 25.1 Å². The van der Waals surface area contributed by atoms with Gasteiger partial charge in [0.1, 0.15) is 5.82 Å². The number of carbonyl (C=O) groups is 2. The van der Waals surface area contributed by atoms with Gasteiger partial charge in [0, 0.05) is 38.3 Å². The van der Waals surface area contributed by atoms with E-state index in [1.54, 1.807) is 11.8 Å². The lowest BCUT2D eigenvalue weighted by Gasteiger charge is -2.34. The second-order valence-corrected chi connectivity index (χ2v) is 7.79. The van der Waals surface area contributed by atoms with Crippen molar-refractivity contribution in [3.05, 3.63) is 41.6 Å². The van der Waals surface area contributed by atoms with E-state index in [1.165, 1.54) is 0 Å². The molecule has 1 aliphatic carbocycles. The van der Waals surface area contributed by atoms with Crippen LogP contribution in [0, 0.1) is 5.92 Å². The molecular weight excluding hydrogens is 382 g/mol. The van der Waals surface area contributed by atoms with Crippen molar-refractivity contribution in [2.45, 2.75) is 26.7 Å². The van der Waals surface area contributed by atoms with Crippen LogP contribution in [0.1, 0.15) is 36.3 Å². The van der Waals surface area contributed by atoms with Crippen LogP contribution in [0.2, 0.25) is 0 Å². The number of ketones is 1. The minimum atomic E-state index is -0.283. The SMILES string of the molecule is CCOC(=O)N1CCN(c2nc3c(c(Nc4ccccc4)n2)C(=O)CC(C)C3)CC1. The minimum absolute atomic E-state index is 0.0841. The summed E-state index contributed by atoms with van der Waals surface area (Å²) in [4.78, 5) is 38.0. The largest absolute Gasteiger partial charge is 0.450 e. The Bertz CT molecular complexity index is 926. The number of nitrogens with zero attached hydrogens (tertiary/aromatic N) is 4. The Labute approximate surface area is 176 Å². The first-order valence-electron chi connectivity index (χ1n) is 10.5. The van der Waals surface area contributed by atoms with Gasteiger partial charge >= 0.3 is 6.09 Å². The number of Topliss-reactive ketones (excluding diaryl/α,β-unsaturated/α-hetero) is 1. The molecule has 1 aromatic heterocycles. The van der Waals surface area contributed by atoms with E-state index in [-0.39, 0.29) is 17.8 Å². The summed E-state index contributed by atoms with van der Waals surface area (Å²) in [6.45, 7) is 6.58. The van der Waals surface area contributed by atoms with Crippen LogP contribution in [0.15, 0.2) is 30.3 Å². The Hall–Kier alpha value is -3.16. The van der Waals surface area contributed by atoms with Crippen molar-refractivity contribution < 1.29 is 14.3 Å². The van der Waals surface area contributed by atoms with E-state index in [0.29, 0.717) is 56.5 Å². The molecule has 158 valence electrons. The number of benzene rings is 1. The average Bonchev–Trinajstić information content (AvgIpc) is 2.74. The van der Waals surface area contributed by atoms with Crippen LogP contribution in [0.5, 0.6) is 0 Å². The molecule has 2 heterocycles. The van der Waals surface area contributed by atoms with Crippen LogP contribution >= 0.6 is 0 Å². The molecule has 4 rings (SSSR count). The fraction of sp³-hybridized carbons (Fsp3) is 0.455. The Balaban J connectivity index is 1.61. The predicted molar refractivity (Wildman–Crippen MR) is 114 cm³/mol. The zero-order valence-electron chi connectivity index (χ0n) is 17.4. The summed E-state index contributed by atoms with van der Waals surface area (Å²) in [7, 11) is 0. The van der Waals surface area contributed by atoms with Crippen LogP contribution in [0.25, 0.3) is 0 Å². The van der Waals surface area contributed by atoms with E-state index in [9.17, 15) is 9.59 Å². The molecule has 30 heavy (non-hydrogen) atoms. The lowest BCUT2D eigenvalue weighted by Crippen LogP contribution is -2.49. The lowest BCUT2D eigenvalue weighted by atomic mass is 9.87. The molecule has 1 aromatic carbocycles. The van der Waals surface area contributed by atoms with E-state index in [2.05, 4.69) is 17.1 Å². The van der Waals surface area contributed by atoms with Gasteiger partial charge in [-0.3, -0.25) is 4.79 Å². The van der Waals surface area contributed by atoms with Crippen molar-refractivity contribution >= 4 is 29.3 Å². The number of aromatic nitrogens is 2. The van der Waals surface area contributed by atoms with Gasteiger partial charge < -0.3 is 19.9 Å². The summed E-state index contributed by atoms with van der Waals surface area (Å²) in [5, 5.41) is 3.32. The summed E-state index contributed by atoms with van der Waals surface area (Å²) >= 11 is 0. The Morgan fingerprint density at radius 2 is 1.87 bits per heavy atom. The number of hydrogen-bond donors (Lipinski definition) is 1. The number of hydrogen-bond acceptors (Lipinski definition) is 7. The molecule has 2 aliphatic rings. The fourth-order valence-electron chi connectivity index (χ4n) is 3.95. The molecule has 1 atom stereocenters. The van der Waals surface area contributed by atoms with Crippen molar-refractivity contribution in [3.8, 4) is 0 Å². The normalized spacial score (nSPS) is 18.7. The van der Waals surface area contributed by atoms with Gasteiger partial charge in [0.15, 0.2) is 5.78 Å². The van der Waals surface area contributed by atoms with Gasteiger partial charge in [0.2, 0.25) is 5.95 Å². The lowest BCUT2D eigenvalue weighted by molar-refractivity contribution is 0.0951. The molecule has 0 bridgehead atoms. The maximum absolute atomic E-state index is 12.8. The molecule has 0 saturated carbocycles. The van der Waals surface area contributed by atoms with Crippen LogP contribution in [0.4, 0.5) is 22.2 Å². The van der Waals surface area contributed by atoms with Crippen molar-refractivity contribution in [1.82, 2.24) is 14.9 Å². The predicted octanol–water partition coefficient (Wildman–Crippen LogP) is 3.26. The second kappa shape index (κ2) is 8.69. The van der Waals surface area contributed by atoms with Gasteiger partial charge in [-0.15, -0.1) is 0 Å². The van der Waals surface area contributed by atoms with Crippen LogP contribution in [-0.2, 0) is 11.2 Å². The van der Waals surface area contributed by atoms with Crippen molar-refractivity contribution in [2.24, 2.45) is 5.92 Å². The first-order valence-corrected chi connectivity index (χ1v) is 10.5. The number of anilines is 3. The Morgan fingerprint density at radius 3 is 2.57 bits per heavy atom. The highest BCUT2D eigenvalue weighted by Crippen LogP contribution is 2.32. The molecule has 2 aromatic rings.